The Morgan fingerprint density at radius 1 is 0.903 bits per heavy atom. The topological polar surface area (TPSA) is 28.5 Å². The molecule has 0 spiro atoms. The van der Waals surface area contributed by atoms with Crippen LogP contribution in [0.5, 0.6) is 0 Å². The van der Waals surface area contributed by atoms with E-state index >= 15 is 0 Å². The minimum absolute atomic E-state index is 0.0152. The first-order valence-corrected chi connectivity index (χ1v) is 11.1. The van der Waals surface area contributed by atoms with Crippen LogP contribution in [-0.2, 0) is 6.54 Å². The molecule has 0 radical (unpaired) electrons. The lowest BCUT2D eigenvalue weighted by molar-refractivity contribution is 0.0737. The predicted molar refractivity (Wildman–Crippen MR) is 120 cm³/mol. The summed E-state index contributed by atoms with van der Waals surface area (Å²) in [7, 11) is 0. The molecule has 0 aliphatic carbocycles. The van der Waals surface area contributed by atoms with Gasteiger partial charge in [-0.1, -0.05) is 12.1 Å². The Hall–Kier alpha value is -3.19. The minimum atomic E-state index is -0.281. The van der Waals surface area contributed by atoms with Gasteiger partial charge in [-0.05, 0) is 59.5 Å². The van der Waals surface area contributed by atoms with Crippen molar-refractivity contribution in [2.24, 2.45) is 0 Å². The van der Waals surface area contributed by atoms with Crippen molar-refractivity contribution < 1.29 is 13.6 Å². The Kier molecular flexibility index (Phi) is 5.19. The number of hydrogen-bond donors (Lipinski definition) is 0. The number of nitrogens with zero attached hydrogens (tertiary/aromatic N) is 3. The highest BCUT2D eigenvalue weighted by Gasteiger charge is 2.26. The van der Waals surface area contributed by atoms with Crippen molar-refractivity contribution >= 4 is 33.1 Å². The molecule has 0 unspecified atom stereocenters. The lowest BCUT2D eigenvalue weighted by Crippen LogP contribution is -2.49. The maximum atomic E-state index is 13.7. The second-order valence-corrected chi connectivity index (χ2v) is 8.62. The van der Waals surface area contributed by atoms with E-state index in [1.54, 1.807) is 29.5 Å². The molecule has 5 rings (SSSR count). The number of halogens is 2. The van der Waals surface area contributed by atoms with Crippen LogP contribution in [0.4, 0.5) is 14.5 Å². The van der Waals surface area contributed by atoms with Gasteiger partial charge in [0.05, 0.1) is 10.2 Å². The predicted octanol–water partition coefficient (Wildman–Crippen LogP) is 4.99. The fourth-order valence-electron chi connectivity index (χ4n) is 4.12. The van der Waals surface area contributed by atoms with Gasteiger partial charge in [0, 0.05) is 38.4 Å². The van der Waals surface area contributed by atoms with Gasteiger partial charge in [-0.3, -0.25) is 4.79 Å². The monoisotopic (exact) mass is 437 g/mol. The maximum Gasteiger partial charge on any atom is 0.270 e. The van der Waals surface area contributed by atoms with Gasteiger partial charge in [-0.2, -0.15) is 0 Å². The molecule has 1 aliphatic rings. The third-order valence-electron chi connectivity index (χ3n) is 5.73. The van der Waals surface area contributed by atoms with E-state index in [0.29, 0.717) is 38.4 Å². The van der Waals surface area contributed by atoms with E-state index in [2.05, 4.69) is 4.90 Å². The van der Waals surface area contributed by atoms with Crippen molar-refractivity contribution in [3.05, 3.63) is 88.9 Å². The van der Waals surface area contributed by atoms with Gasteiger partial charge in [-0.15, -0.1) is 11.3 Å². The summed E-state index contributed by atoms with van der Waals surface area (Å²) in [6, 6.07) is 16.9. The van der Waals surface area contributed by atoms with Crippen molar-refractivity contribution in [1.29, 1.82) is 0 Å². The van der Waals surface area contributed by atoms with Gasteiger partial charge < -0.3 is 14.4 Å². The quantitative estimate of drug-likeness (QED) is 0.450. The Bertz CT molecular complexity index is 1220. The summed E-state index contributed by atoms with van der Waals surface area (Å²) in [6.07, 6.45) is 0. The molecular weight excluding hydrogens is 416 g/mol. The Morgan fingerprint density at radius 2 is 1.68 bits per heavy atom. The fourth-order valence-corrected chi connectivity index (χ4v) is 4.95. The van der Waals surface area contributed by atoms with Crippen molar-refractivity contribution in [3.8, 4) is 0 Å². The van der Waals surface area contributed by atoms with Crippen LogP contribution in [0.15, 0.2) is 66.0 Å². The average Bonchev–Trinajstić information content (AvgIpc) is 3.37. The van der Waals surface area contributed by atoms with E-state index in [9.17, 15) is 13.6 Å². The van der Waals surface area contributed by atoms with Gasteiger partial charge in [0.2, 0.25) is 0 Å². The molecule has 1 aliphatic heterocycles. The van der Waals surface area contributed by atoms with Gasteiger partial charge >= 0.3 is 0 Å². The molecule has 7 heteroatoms. The van der Waals surface area contributed by atoms with Crippen LogP contribution in [0, 0.1) is 11.6 Å². The Labute approximate surface area is 182 Å². The molecular formula is C24H21F2N3OS. The molecule has 1 fully saturated rings. The standard InChI is InChI=1S/C24H21F2N3OS/c25-18-4-6-20(7-5-18)27-9-11-28(12-10-27)24(30)22-15-23-21(8-13-31-23)29(22)16-17-2-1-3-19(26)14-17/h1-8,13-15H,9-12,16H2. The molecule has 2 aromatic heterocycles. The first-order chi connectivity index (χ1) is 15.1. The number of piperazine rings is 1. The zero-order chi connectivity index (χ0) is 21.4. The van der Waals surface area contributed by atoms with E-state index in [-0.39, 0.29) is 17.5 Å². The summed E-state index contributed by atoms with van der Waals surface area (Å²) in [5.41, 5.74) is 3.39. The summed E-state index contributed by atoms with van der Waals surface area (Å²) in [5, 5.41) is 2.00. The summed E-state index contributed by atoms with van der Waals surface area (Å²) in [4.78, 5) is 17.4. The number of hydrogen-bond acceptors (Lipinski definition) is 3. The first-order valence-electron chi connectivity index (χ1n) is 10.2. The van der Waals surface area contributed by atoms with Crippen LogP contribution in [-0.4, -0.2) is 41.6 Å². The van der Waals surface area contributed by atoms with Gasteiger partial charge in [-0.25, -0.2) is 8.78 Å². The van der Waals surface area contributed by atoms with Crippen molar-refractivity contribution in [1.82, 2.24) is 9.47 Å². The second kappa shape index (κ2) is 8.15. The van der Waals surface area contributed by atoms with E-state index in [1.165, 1.54) is 24.3 Å². The first kappa shape index (κ1) is 19.8. The number of rotatable bonds is 4. The Morgan fingerprint density at radius 3 is 2.42 bits per heavy atom. The molecule has 2 aromatic carbocycles. The molecule has 0 saturated carbocycles. The zero-order valence-corrected chi connectivity index (χ0v) is 17.6. The largest absolute Gasteiger partial charge is 0.368 e. The highest BCUT2D eigenvalue weighted by atomic mass is 32.1. The van der Waals surface area contributed by atoms with Crippen LogP contribution in [0.25, 0.3) is 10.2 Å². The fraction of sp³-hybridized carbons (Fsp3) is 0.208. The minimum Gasteiger partial charge on any atom is -0.368 e. The smallest absolute Gasteiger partial charge is 0.270 e. The molecule has 0 bridgehead atoms. The number of anilines is 1. The van der Waals surface area contributed by atoms with Gasteiger partial charge in [0.25, 0.3) is 5.91 Å². The van der Waals surface area contributed by atoms with E-state index in [4.69, 9.17) is 0 Å². The summed E-state index contributed by atoms with van der Waals surface area (Å²) >= 11 is 1.59. The lowest BCUT2D eigenvalue weighted by atomic mass is 10.2. The summed E-state index contributed by atoms with van der Waals surface area (Å²) < 4.78 is 29.9. The SMILES string of the molecule is O=C(c1cc2sccc2n1Cc1cccc(F)c1)N1CCN(c2ccc(F)cc2)CC1. The number of carbonyl (C=O) groups is 1. The third kappa shape index (κ3) is 3.93. The molecule has 31 heavy (non-hydrogen) atoms. The molecule has 0 N–H and O–H groups in total. The van der Waals surface area contributed by atoms with Crippen molar-refractivity contribution in [3.63, 3.8) is 0 Å². The highest BCUT2D eigenvalue weighted by Crippen LogP contribution is 2.28. The van der Waals surface area contributed by atoms with Crippen LogP contribution < -0.4 is 4.90 Å². The number of thiophene rings is 1. The summed E-state index contributed by atoms with van der Waals surface area (Å²) in [6.45, 7) is 3.01. The van der Waals surface area contributed by atoms with Gasteiger partial charge in [0.15, 0.2) is 0 Å². The van der Waals surface area contributed by atoms with Crippen LogP contribution in [0.1, 0.15) is 16.1 Å². The average molecular weight is 438 g/mol. The number of aromatic nitrogens is 1. The number of benzene rings is 2. The van der Waals surface area contributed by atoms with Crippen LogP contribution >= 0.6 is 11.3 Å². The maximum absolute atomic E-state index is 13.7. The van der Waals surface area contributed by atoms with Crippen LogP contribution in [0.3, 0.4) is 0 Å². The molecule has 3 heterocycles. The van der Waals surface area contributed by atoms with Gasteiger partial charge in [0.1, 0.15) is 17.3 Å². The Balaban J connectivity index is 1.36. The molecule has 1 amide bonds. The van der Waals surface area contributed by atoms with E-state index in [0.717, 1.165) is 21.5 Å². The second-order valence-electron chi connectivity index (χ2n) is 7.67. The van der Waals surface area contributed by atoms with Crippen LogP contribution in [0.2, 0.25) is 0 Å². The summed E-state index contributed by atoms with van der Waals surface area (Å²) in [5.74, 6) is -0.550. The van der Waals surface area contributed by atoms with Crippen molar-refractivity contribution in [2.45, 2.75) is 6.54 Å². The number of carbonyl (C=O) groups excluding carboxylic acids is 1. The molecule has 158 valence electrons. The molecule has 4 aromatic rings. The van der Waals surface area contributed by atoms with E-state index < -0.39 is 0 Å². The molecule has 1 saturated heterocycles. The zero-order valence-electron chi connectivity index (χ0n) is 16.8. The number of fused-ring (bicyclic) bond motifs is 1. The highest BCUT2D eigenvalue weighted by molar-refractivity contribution is 7.17. The normalized spacial score (nSPS) is 14.4. The van der Waals surface area contributed by atoms with Crippen molar-refractivity contribution in [2.75, 3.05) is 31.1 Å². The lowest BCUT2D eigenvalue weighted by Gasteiger charge is -2.36. The number of amides is 1. The third-order valence-corrected chi connectivity index (χ3v) is 6.58. The van der Waals surface area contributed by atoms with E-state index in [1.807, 2.05) is 33.0 Å². The molecule has 4 nitrogen and oxygen atoms in total. The molecule has 0 atom stereocenters.